The average molecular weight is 364 g/mol. The maximum absolute atomic E-state index is 6.31. The molecule has 1 nitrogen and oxygen atoms in total. The van der Waals surface area contributed by atoms with E-state index in [-0.39, 0.29) is 4.83 Å². The second-order valence-electron chi connectivity index (χ2n) is 5.30. The fraction of sp³-hybridized carbons (Fsp3) is 0.222. The molecule has 0 bridgehead atoms. The summed E-state index contributed by atoms with van der Waals surface area (Å²) in [6.45, 7) is 6.13. The van der Waals surface area contributed by atoms with E-state index in [0.29, 0.717) is 0 Å². The maximum Gasteiger partial charge on any atom is 0.106 e. The molecule has 1 heterocycles. The summed E-state index contributed by atoms with van der Waals surface area (Å²) in [6, 6.07) is 12.3. The third kappa shape index (κ3) is 2.41. The Morgan fingerprint density at radius 2 is 1.62 bits per heavy atom. The third-order valence-electron chi connectivity index (χ3n) is 4.05. The van der Waals surface area contributed by atoms with Crippen LogP contribution in [0.15, 0.2) is 40.8 Å². The Labute approximate surface area is 138 Å². The second kappa shape index (κ2) is 5.51. The lowest BCUT2D eigenvalue weighted by Gasteiger charge is -2.15. The van der Waals surface area contributed by atoms with Gasteiger partial charge in [0.1, 0.15) is 11.5 Å². The number of alkyl halides is 1. The Kier molecular flexibility index (Phi) is 3.85. The molecular formula is C18H16BrClO. The summed E-state index contributed by atoms with van der Waals surface area (Å²) in [5.41, 5.74) is 3.62. The Morgan fingerprint density at radius 1 is 0.952 bits per heavy atom. The van der Waals surface area contributed by atoms with Crippen LogP contribution in [0.4, 0.5) is 0 Å². The number of halogens is 2. The Morgan fingerprint density at radius 3 is 2.24 bits per heavy atom. The standard InChI is InChI=1S/C18H16BrClO/c1-10-11(2)21-12(3)17(10)18(19)15-8-9-16(20)14-7-5-4-6-13(14)15/h4-9,18H,1-3H3. The highest BCUT2D eigenvalue weighted by Gasteiger charge is 2.22. The number of benzene rings is 2. The minimum Gasteiger partial charge on any atom is -0.466 e. The van der Waals surface area contributed by atoms with Gasteiger partial charge in [0.25, 0.3) is 0 Å². The molecule has 0 saturated heterocycles. The van der Waals surface area contributed by atoms with E-state index in [9.17, 15) is 0 Å². The number of furan rings is 1. The zero-order valence-corrected chi connectivity index (χ0v) is 14.5. The van der Waals surface area contributed by atoms with Crippen LogP contribution >= 0.6 is 27.5 Å². The van der Waals surface area contributed by atoms with Crippen LogP contribution < -0.4 is 0 Å². The first-order valence-corrected chi connectivity index (χ1v) is 8.17. The minimum absolute atomic E-state index is 0.0946. The summed E-state index contributed by atoms with van der Waals surface area (Å²) in [6.07, 6.45) is 0. The van der Waals surface area contributed by atoms with Crippen molar-refractivity contribution in [1.29, 1.82) is 0 Å². The van der Waals surface area contributed by atoms with Gasteiger partial charge in [-0.15, -0.1) is 0 Å². The van der Waals surface area contributed by atoms with Crippen LogP contribution in [0.2, 0.25) is 5.02 Å². The fourth-order valence-corrected chi connectivity index (χ4v) is 4.14. The van der Waals surface area contributed by atoms with Gasteiger partial charge in [-0.1, -0.05) is 57.9 Å². The second-order valence-corrected chi connectivity index (χ2v) is 6.62. The minimum atomic E-state index is 0.0946. The molecule has 108 valence electrons. The van der Waals surface area contributed by atoms with Crippen LogP contribution in [0.25, 0.3) is 10.8 Å². The molecular weight excluding hydrogens is 348 g/mol. The highest BCUT2D eigenvalue weighted by atomic mass is 79.9. The summed E-state index contributed by atoms with van der Waals surface area (Å²) < 4.78 is 5.77. The zero-order valence-electron chi connectivity index (χ0n) is 12.2. The molecule has 0 aliphatic rings. The molecule has 1 unspecified atom stereocenters. The highest BCUT2D eigenvalue weighted by Crippen LogP contribution is 2.41. The topological polar surface area (TPSA) is 13.1 Å². The first kappa shape index (κ1) is 14.7. The van der Waals surface area contributed by atoms with Crippen molar-refractivity contribution in [3.8, 4) is 0 Å². The molecule has 0 aliphatic carbocycles. The smallest absolute Gasteiger partial charge is 0.106 e. The largest absolute Gasteiger partial charge is 0.466 e. The van der Waals surface area contributed by atoms with E-state index in [1.54, 1.807) is 0 Å². The van der Waals surface area contributed by atoms with Gasteiger partial charge in [0.15, 0.2) is 0 Å². The van der Waals surface area contributed by atoms with E-state index in [0.717, 1.165) is 21.9 Å². The molecule has 0 saturated carbocycles. The molecule has 0 fully saturated rings. The molecule has 0 N–H and O–H groups in total. The zero-order chi connectivity index (χ0) is 15.1. The monoisotopic (exact) mass is 362 g/mol. The lowest BCUT2D eigenvalue weighted by Crippen LogP contribution is -1.97. The van der Waals surface area contributed by atoms with Crippen LogP contribution in [-0.2, 0) is 0 Å². The molecule has 2 aromatic carbocycles. The van der Waals surface area contributed by atoms with Gasteiger partial charge in [-0.05, 0) is 43.4 Å². The number of aryl methyl sites for hydroxylation is 2. The predicted molar refractivity (Wildman–Crippen MR) is 92.6 cm³/mol. The molecule has 0 aliphatic heterocycles. The van der Waals surface area contributed by atoms with Crippen LogP contribution in [0.5, 0.6) is 0 Å². The van der Waals surface area contributed by atoms with E-state index >= 15 is 0 Å². The van der Waals surface area contributed by atoms with Crippen molar-refractivity contribution in [3.63, 3.8) is 0 Å². The maximum atomic E-state index is 6.31. The predicted octanol–water partition coefficient (Wildman–Crippen LogP) is 6.50. The van der Waals surface area contributed by atoms with Crippen molar-refractivity contribution in [2.24, 2.45) is 0 Å². The van der Waals surface area contributed by atoms with Gasteiger partial charge in [-0.25, -0.2) is 0 Å². The van der Waals surface area contributed by atoms with Gasteiger partial charge >= 0.3 is 0 Å². The van der Waals surface area contributed by atoms with Gasteiger partial charge < -0.3 is 4.42 Å². The molecule has 0 radical (unpaired) electrons. The van der Waals surface area contributed by atoms with E-state index in [1.807, 2.05) is 32.0 Å². The van der Waals surface area contributed by atoms with E-state index in [2.05, 4.69) is 41.1 Å². The van der Waals surface area contributed by atoms with Gasteiger partial charge in [0.2, 0.25) is 0 Å². The van der Waals surface area contributed by atoms with Gasteiger partial charge in [-0.3, -0.25) is 0 Å². The van der Waals surface area contributed by atoms with Gasteiger partial charge in [0.05, 0.1) is 4.83 Å². The molecule has 3 aromatic rings. The summed E-state index contributed by atoms with van der Waals surface area (Å²) in [7, 11) is 0. The molecule has 0 spiro atoms. The van der Waals surface area contributed by atoms with Crippen molar-refractivity contribution in [3.05, 3.63) is 69.6 Å². The summed E-state index contributed by atoms with van der Waals surface area (Å²) in [4.78, 5) is 0.0946. The highest BCUT2D eigenvalue weighted by molar-refractivity contribution is 9.09. The molecule has 3 rings (SSSR count). The van der Waals surface area contributed by atoms with E-state index in [4.69, 9.17) is 16.0 Å². The number of hydrogen-bond acceptors (Lipinski definition) is 1. The van der Waals surface area contributed by atoms with Crippen molar-refractivity contribution in [2.45, 2.75) is 25.6 Å². The van der Waals surface area contributed by atoms with Crippen LogP contribution in [0, 0.1) is 20.8 Å². The molecule has 0 amide bonds. The quantitative estimate of drug-likeness (QED) is 0.474. The van der Waals surface area contributed by atoms with Crippen LogP contribution in [0.3, 0.4) is 0 Å². The number of hydrogen-bond donors (Lipinski definition) is 0. The van der Waals surface area contributed by atoms with Crippen molar-refractivity contribution in [2.75, 3.05) is 0 Å². The molecule has 3 heteroatoms. The van der Waals surface area contributed by atoms with E-state index in [1.165, 1.54) is 22.1 Å². The lowest BCUT2D eigenvalue weighted by molar-refractivity contribution is 0.500. The summed E-state index contributed by atoms with van der Waals surface area (Å²) >= 11 is 10.2. The molecule has 1 atom stereocenters. The van der Waals surface area contributed by atoms with Crippen LogP contribution in [-0.4, -0.2) is 0 Å². The number of rotatable bonds is 2. The first-order chi connectivity index (χ1) is 10.0. The average Bonchev–Trinajstić information content (AvgIpc) is 2.72. The first-order valence-electron chi connectivity index (χ1n) is 6.88. The molecule has 1 aromatic heterocycles. The van der Waals surface area contributed by atoms with Crippen molar-refractivity contribution < 1.29 is 4.42 Å². The normalized spacial score (nSPS) is 12.8. The molecule has 21 heavy (non-hydrogen) atoms. The fourth-order valence-electron chi connectivity index (χ4n) is 2.85. The van der Waals surface area contributed by atoms with E-state index < -0.39 is 0 Å². The summed E-state index contributed by atoms with van der Waals surface area (Å²) in [5.74, 6) is 1.94. The lowest BCUT2D eigenvalue weighted by atomic mass is 9.96. The third-order valence-corrected chi connectivity index (χ3v) is 5.33. The SMILES string of the molecule is Cc1oc(C)c(C(Br)c2ccc(Cl)c3ccccc23)c1C. The van der Waals surface area contributed by atoms with Crippen molar-refractivity contribution in [1.82, 2.24) is 0 Å². The van der Waals surface area contributed by atoms with Gasteiger partial charge in [0, 0.05) is 16.0 Å². The Balaban J connectivity index is 2.23. The Hall–Kier alpha value is -1.25. The van der Waals surface area contributed by atoms with Crippen molar-refractivity contribution >= 4 is 38.3 Å². The summed E-state index contributed by atoms with van der Waals surface area (Å²) in [5, 5.41) is 3.03. The van der Waals surface area contributed by atoms with Gasteiger partial charge in [-0.2, -0.15) is 0 Å². The number of fused-ring (bicyclic) bond motifs is 1. The van der Waals surface area contributed by atoms with Crippen LogP contribution in [0.1, 0.15) is 33.0 Å². The Bertz CT molecular complexity index is 819.